The van der Waals surface area contributed by atoms with E-state index in [1.807, 2.05) is 26.0 Å². The number of phenols is 1. The SMILES string of the molecule is C=C[C@@H](N)c1ccc(C)c(C)c1O. The van der Waals surface area contributed by atoms with E-state index >= 15 is 0 Å². The van der Waals surface area contributed by atoms with Gasteiger partial charge in [0, 0.05) is 5.56 Å². The predicted octanol–water partition coefficient (Wildman–Crippen LogP) is 2.19. The fourth-order valence-corrected chi connectivity index (χ4v) is 1.22. The minimum Gasteiger partial charge on any atom is -0.507 e. The molecule has 2 heteroatoms. The van der Waals surface area contributed by atoms with Crippen molar-refractivity contribution in [2.24, 2.45) is 5.73 Å². The number of aromatic hydroxyl groups is 1. The summed E-state index contributed by atoms with van der Waals surface area (Å²) in [5, 5.41) is 9.75. The largest absolute Gasteiger partial charge is 0.507 e. The number of benzene rings is 1. The minimum atomic E-state index is -0.292. The average Bonchev–Trinajstić information content (AvgIpc) is 2.13. The topological polar surface area (TPSA) is 46.2 Å². The van der Waals surface area contributed by atoms with E-state index in [9.17, 15) is 5.11 Å². The average molecular weight is 177 g/mol. The first kappa shape index (κ1) is 9.81. The van der Waals surface area contributed by atoms with Gasteiger partial charge >= 0.3 is 0 Å². The first-order valence-electron chi connectivity index (χ1n) is 4.25. The molecular formula is C11H15NO. The first-order valence-corrected chi connectivity index (χ1v) is 4.25. The van der Waals surface area contributed by atoms with E-state index in [0.29, 0.717) is 0 Å². The predicted molar refractivity (Wildman–Crippen MR) is 54.7 cm³/mol. The van der Waals surface area contributed by atoms with Crippen LogP contribution in [0.1, 0.15) is 22.7 Å². The second-order valence-electron chi connectivity index (χ2n) is 3.21. The van der Waals surface area contributed by atoms with Gasteiger partial charge in [-0.1, -0.05) is 18.2 Å². The lowest BCUT2D eigenvalue weighted by Gasteiger charge is -2.12. The van der Waals surface area contributed by atoms with Crippen molar-refractivity contribution < 1.29 is 5.11 Å². The van der Waals surface area contributed by atoms with E-state index in [2.05, 4.69) is 6.58 Å². The molecule has 13 heavy (non-hydrogen) atoms. The summed E-state index contributed by atoms with van der Waals surface area (Å²) in [6, 6.07) is 3.50. The van der Waals surface area contributed by atoms with Crippen LogP contribution in [0.5, 0.6) is 5.75 Å². The third-order valence-electron chi connectivity index (χ3n) is 2.35. The zero-order valence-electron chi connectivity index (χ0n) is 8.04. The maximum atomic E-state index is 9.75. The van der Waals surface area contributed by atoms with Crippen LogP contribution >= 0.6 is 0 Å². The molecule has 1 aromatic carbocycles. The Morgan fingerprint density at radius 1 is 1.46 bits per heavy atom. The van der Waals surface area contributed by atoms with Gasteiger partial charge in [0.1, 0.15) is 5.75 Å². The summed E-state index contributed by atoms with van der Waals surface area (Å²) in [4.78, 5) is 0. The number of aryl methyl sites for hydroxylation is 1. The summed E-state index contributed by atoms with van der Waals surface area (Å²) in [5.74, 6) is 0.285. The number of rotatable bonds is 2. The molecule has 0 aliphatic rings. The van der Waals surface area contributed by atoms with Gasteiger partial charge in [-0.2, -0.15) is 0 Å². The lowest BCUT2D eigenvalue weighted by Crippen LogP contribution is -2.07. The number of phenolic OH excluding ortho intramolecular Hbond substituents is 1. The van der Waals surface area contributed by atoms with E-state index < -0.39 is 0 Å². The molecule has 0 spiro atoms. The van der Waals surface area contributed by atoms with Gasteiger partial charge < -0.3 is 10.8 Å². The summed E-state index contributed by atoms with van der Waals surface area (Å²) in [5.41, 5.74) is 8.42. The molecule has 0 saturated heterocycles. The van der Waals surface area contributed by atoms with Gasteiger partial charge in [0.05, 0.1) is 6.04 Å². The van der Waals surface area contributed by atoms with Crippen LogP contribution in [0.25, 0.3) is 0 Å². The third kappa shape index (κ3) is 1.73. The minimum absolute atomic E-state index is 0.285. The molecule has 0 heterocycles. The Hall–Kier alpha value is -1.28. The highest BCUT2D eigenvalue weighted by molar-refractivity contribution is 5.46. The van der Waals surface area contributed by atoms with Crippen LogP contribution in [0.15, 0.2) is 24.8 Å². The van der Waals surface area contributed by atoms with Crippen LogP contribution in [-0.4, -0.2) is 5.11 Å². The normalized spacial score (nSPS) is 12.5. The van der Waals surface area contributed by atoms with Gasteiger partial charge in [-0.25, -0.2) is 0 Å². The Labute approximate surface area is 78.7 Å². The highest BCUT2D eigenvalue weighted by Crippen LogP contribution is 2.28. The third-order valence-corrected chi connectivity index (χ3v) is 2.35. The van der Waals surface area contributed by atoms with Gasteiger partial charge in [-0.05, 0) is 25.0 Å². The number of hydrogen-bond acceptors (Lipinski definition) is 2. The fourth-order valence-electron chi connectivity index (χ4n) is 1.22. The van der Waals surface area contributed by atoms with E-state index in [0.717, 1.165) is 16.7 Å². The van der Waals surface area contributed by atoms with E-state index in [1.54, 1.807) is 6.08 Å². The van der Waals surface area contributed by atoms with Gasteiger partial charge in [-0.3, -0.25) is 0 Å². The highest BCUT2D eigenvalue weighted by atomic mass is 16.3. The Bertz CT molecular complexity index is 331. The molecule has 0 bridgehead atoms. The van der Waals surface area contributed by atoms with E-state index in [-0.39, 0.29) is 11.8 Å². The molecule has 1 atom stereocenters. The maximum absolute atomic E-state index is 9.75. The molecule has 0 saturated carbocycles. The molecule has 2 nitrogen and oxygen atoms in total. The Balaban J connectivity index is 3.25. The molecular weight excluding hydrogens is 162 g/mol. The van der Waals surface area contributed by atoms with Crippen LogP contribution in [0.2, 0.25) is 0 Å². The maximum Gasteiger partial charge on any atom is 0.123 e. The summed E-state index contributed by atoms with van der Waals surface area (Å²) in [7, 11) is 0. The van der Waals surface area contributed by atoms with Crippen molar-refractivity contribution in [2.75, 3.05) is 0 Å². The Kier molecular flexibility index (Phi) is 2.73. The fraction of sp³-hybridized carbons (Fsp3) is 0.273. The molecule has 0 unspecified atom stereocenters. The summed E-state index contributed by atoms with van der Waals surface area (Å²) in [6.45, 7) is 7.43. The molecule has 0 aliphatic heterocycles. The molecule has 70 valence electrons. The Morgan fingerprint density at radius 2 is 2.08 bits per heavy atom. The lowest BCUT2D eigenvalue weighted by molar-refractivity contribution is 0.461. The van der Waals surface area contributed by atoms with Crippen molar-refractivity contribution in [3.05, 3.63) is 41.5 Å². The number of nitrogens with two attached hydrogens (primary N) is 1. The molecule has 0 aromatic heterocycles. The Morgan fingerprint density at radius 3 is 2.62 bits per heavy atom. The summed E-state index contributed by atoms with van der Waals surface area (Å²) >= 11 is 0. The quantitative estimate of drug-likeness (QED) is 0.680. The number of hydrogen-bond donors (Lipinski definition) is 2. The van der Waals surface area contributed by atoms with Gasteiger partial charge in [0.15, 0.2) is 0 Å². The van der Waals surface area contributed by atoms with Crippen LogP contribution < -0.4 is 5.73 Å². The van der Waals surface area contributed by atoms with Gasteiger partial charge in [0.25, 0.3) is 0 Å². The second-order valence-corrected chi connectivity index (χ2v) is 3.21. The standard InChI is InChI=1S/C11H15NO/c1-4-10(12)9-6-5-7(2)8(3)11(9)13/h4-6,10,13H,1,12H2,2-3H3/t10-/m1/s1. The molecule has 0 fully saturated rings. The van der Waals surface area contributed by atoms with E-state index in [1.165, 1.54) is 0 Å². The van der Waals surface area contributed by atoms with Crippen molar-refractivity contribution >= 4 is 0 Å². The van der Waals surface area contributed by atoms with Crippen molar-refractivity contribution in [2.45, 2.75) is 19.9 Å². The molecule has 3 N–H and O–H groups in total. The summed E-state index contributed by atoms with van der Waals surface area (Å²) in [6.07, 6.45) is 1.61. The smallest absolute Gasteiger partial charge is 0.123 e. The van der Waals surface area contributed by atoms with Crippen LogP contribution in [0.3, 0.4) is 0 Å². The molecule has 1 aromatic rings. The first-order chi connectivity index (χ1) is 6.07. The van der Waals surface area contributed by atoms with Crippen LogP contribution in [-0.2, 0) is 0 Å². The molecule has 1 rings (SSSR count). The second kappa shape index (κ2) is 3.62. The van der Waals surface area contributed by atoms with Crippen molar-refractivity contribution in [1.82, 2.24) is 0 Å². The van der Waals surface area contributed by atoms with E-state index in [4.69, 9.17) is 5.73 Å². The van der Waals surface area contributed by atoms with Crippen molar-refractivity contribution in [3.8, 4) is 5.75 Å². The van der Waals surface area contributed by atoms with Gasteiger partial charge in [-0.15, -0.1) is 6.58 Å². The monoisotopic (exact) mass is 177 g/mol. The zero-order valence-corrected chi connectivity index (χ0v) is 8.04. The van der Waals surface area contributed by atoms with Crippen LogP contribution in [0.4, 0.5) is 0 Å². The summed E-state index contributed by atoms with van der Waals surface area (Å²) < 4.78 is 0. The van der Waals surface area contributed by atoms with Crippen molar-refractivity contribution in [3.63, 3.8) is 0 Å². The van der Waals surface area contributed by atoms with Crippen molar-refractivity contribution in [1.29, 1.82) is 0 Å². The molecule has 0 radical (unpaired) electrons. The van der Waals surface area contributed by atoms with Gasteiger partial charge in [0.2, 0.25) is 0 Å². The molecule has 0 aliphatic carbocycles. The molecule has 0 amide bonds. The van der Waals surface area contributed by atoms with Crippen LogP contribution in [0, 0.1) is 13.8 Å². The lowest BCUT2D eigenvalue weighted by atomic mass is 10.00. The zero-order chi connectivity index (χ0) is 10.0. The highest BCUT2D eigenvalue weighted by Gasteiger charge is 2.10.